The second kappa shape index (κ2) is 9.31. The first-order valence-corrected chi connectivity index (χ1v) is 10.3. The first kappa shape index (κ1) is 19.8. The molecule has 0 aliphatic heterocycles. The molecule has 0 aliphatic rings. The van der Waals surface area contributed by atoms with Crippen molar-refractivity contribution in [1.82, 2.24) is 4.98 Å². The number of carbonyl (C=O) groups is 1. The number of amides is 1. The minimum absolute atomic E-state index is 0.0245. The first-order chi connectivity index (χ1) is 14.7. The lowest BCUT2D eigenvalue weighted by molar-refractivity contribution is -0.116. The van der Waals surface area contributed by atoms with Crippen LogP contribution in [0.25, 0.3) is 10.9 Å². The number of benzene rings is 3. The van der Waals surface area contributed by atoms with Crippen molar-refractivity contribution in [3.8, 4) is 5.75 Å². The Morgan fingerprint density at radius 1 is 1.00 bits per heavy atom. The highest BCUT2D eigenvalue weighted by atomic mass is 16.5. The Hall–Kier alpha value is -3.53. The van der Waals surface area contributed by atoms with Crippen LogP contribution in [0.2, 0.25) is 0 Å². The minimum atomic E-state index is 0.0245. The van der Waals surface area contributed by atoms with Crippen LogP contribution in [0.4, 0.5) is 5.69 Å². The molecule has 0 radical (unpaired) electrons. The molecule has 0 saturated carbocycles. The van der Waals surface area contributed by atoms with Gasteiger partial charge < -0.3 is 15.0 Å². The van der Waals surface area contributed by atoms with Crippen LogP contribution in [-0.4, -0.2) is 18.0 Å². The van der Waals surface area contributed by atoms with E-state index in [9.17, 15) is 4.79 Å². The number of fused-ring (bicyclic) bond motifs is 1. The van der Waals surface area contributed by atoms with Crippen molar-refractivity contribution in [1.29, 1.82) is 0 Å². The normalized spacial score (nSPS) is 11.9. The zero-order chi connectivity index (χ0) is 20.8. The molecule has 1 amide bonds. The van der Waals surface area contributed by atoms with Gasteiger partial charge in [0.2, 0.25) is 5.91 Å². The number of anilines is 1. The molecule has 4 heteroatoms. The van der Waals surface area contributed by atoms with E-state index in [0.29, 0.717) is 6.42 Å². The standard InChI is InChI=1S/C26H26N2O2/c1-30-22-14-15-25-23(17-22)24(18-27-25)20(13-12-19-8-4-2-5-9-19)16-26(29)28-21-10-6-3-7-11-21/h2-11,14-15,17-18,20,27H,12-13,16H2,1H3,(H,28,29). The molecule has 1 heterocycles. The Morgan fingerprint density at radius 2 is 1.73 bits per heavy atom. The summed E-state index contributed by atoms with van der Waals surface area (Å²) in [7, 11) is 1.67. The van der Waals surface area contributed by atoms with Crippen LogP contribution in [0.1, 0.15) is 29.9 Å². The van der Waals surface area contributed by atoms with Gasteiger partial charge in [0.05, 0.1) is 7.11 Å². The lowest BCUT2D eigenvalue weighted by Crippen LogP contribution is -2.16. The molecule has 152 valence electrons. The average Bonchev–Trinajstić information content (AvgIpc) is 3.21. The maximum absolute atomic E-state index is 12.8. The Labute approximate surface area is 176 Å². The third-order valence-corrected chi connectivity index (χ3v) is 5.47. The van der Waals surface area contributed by atoms with Crippen molar-refractivity contribution in [2.45, 2.75) is 25.2 Å². The minimum Gasteiger partial charge on any atom is -0.497 e. The van der Waals surface area contributed by atoms with Crippen molar-refractivity contribution >= 4 is 22.5 Å². The number of hydrogen-bond acceptors (Lipinski definition) is 2. The quantitative estimate of drug-likeness (QED) is 0.387. The summed E-state index contributed by atoms with van der Waals surface area (Å²) >= 11 is 0. The van der Waals surface area contributed by atoms with E-state index in [2.05, 4.69) is 34.6 Å². The molecule has 4 aromatic rings. The molecule has 0 spiro atoms. The van der Waals surface area contributed by atoms with Gasteiger partial charge in [0.25, 0.3) is 0 Å². The van der Waals surface area contributed by atoms with Gasteiger partial charge in [0.1, 0.15) is 5.75 Å². The van der Waals surface area contributed by atoms with Gasteiger partial charge in [-0.3, -0.25) is 4.79 Å². The SMILES string of the molecule is COc1ccc2[nH]cc(C(CCc3ccccc3)CC(=O)Nc3ccccc3)c2c1. The lowest BCUT2D eigenvalue weighted by atomic mass is 9.89. The second-order valence-corrected chi connectivity index (χ2v) is 7.50. The van der Waals surface area contributed by atoms with Crippen molar-refractivity contribution < 1.29 is 9.53 Å². The van der Waals surface area contributed by atoms with Crippen LogP contribution in [0.5, 0.6) is 5.75 Å². The Kier molecular flexibility index (Phi) is 6.14. The number of H-pyrrole nitrogens is 1. The Morgan fingerprint density at radius 3 is 2.47 bits per heavy atom. The van der Waals surface area contributed by atoms with E-state index < -0.39 is 0 Å². The molecule has 4 nitrogen and oxygen atoms in total. The van der Waals surface area contributed by atoms with E-state index in [1.165, 1.54) is 5.56 Å². The van der Waals surface area contributed by atoms with Crippen LogP contribution in [0, 0.1) is 0 Å². The van der Waals surface area contributed by atoms with Crippen LogP contribution in [-0.2, 0) is 11.2 Å². The summed E-state index contributed by atoms with van der Waals surface area (Å²) in [6.45, 7) is 0. The fourth-order valence-corrected chi connectivity index (χ4v) is 3.90. The Balaban J connectivity index is 1.59. The molecule has 30 heavy (non-hydrogen) atoms. The number of nitrogens with one attached hydrogen (secondary N) is 2. The van der Waals surface area contributed by atoms with E-state index >= 15 is 0 Å². The molecule has 3 aromatic carbocycles. The van der Waals surface area contributed by atoms with Gasteiger partial charge >= 0.3 is 0 Å². The van der Waals surface area contributed by atoms with Crippen LogP contribution in [0.15, 0.2) is 85.1 Å². The van der Waals surface area contributed by atoms with E-state index in [-0.39, 0.29) is 11.8 Å². The molecule has 0 saturated heterocycles. The third-order valence-electron chi connectivity index (χ3n) is 5.47. The van der Waals surface area contributed by atoms with Gasteiger partial charge in [-0.2, -0.15) is 0 Å². The van der Waals surface area contributed by atoms with Gasteiger partial charge in [0.15, 0.2) is 0 Å². The first-order valence-electron chi connectivity index (χ1n) is 10.3. The molecule has 4 rings (SSSR count). The fraction of sp³-hybridized carbons (Fsp3) is 0.192. The number of carbonyl (C=O) groups excluding carboxylic acids is 1. The van der Waals surface area contributed by atoms with E-state index in [1.54, 1.807) is 7.11 Å². The highest BCUT2D eigenvalue weighted by Gasteiger charge is 2.20. The highest BCUT2D eigenvalue weighted by molar-refractivity contribution is 5.92. The molecule has 0 fully saturated rings. The zero-order valence-corrected chi connectivity index (χ0v) is 17.1. The van der Waals surface area contributed by atoms with E-state index in [0.717, 1.165) is 40.7 Å². The number of aromatic nitrogens is 1. The summed E-state index contributed by atoms with van der Waals surface area (Å²) in [6.07, 6.45) is 4.26. The molecular weight excluding hydrogens is 372 g/mol. The van der Waals surface area contributed by atoms with Gasteiger partial charge in [-0.25, -0.2) is 0 Å². The van der Waals surface area contributed by atoms with Crippen molar-refractivity contribution in [2.24, 2.45) is 0 Å². The van der Waals surface area contributed by atoms with Crippen molar-refractivity contribution in [3.05, 3.63) is 96.2 Å². The number of para-hydroxylation sites is 1. The number of methoxy groups -OCH3 is 1. The van der Waals surface area contributed by atoms with Crippen LogP contribution < -0.4 is 10.1 Å². The topological polar surface area (TPSA) is 54.1 Å². The molecule has 1 atom stereocenters. The molecule has 0 aliphatic carbocycles. The summed E-state index contributed by atoms with van der Waals surface area (Å²) in [5.41, 5.74) is 4.32. The highest BCUT2D eigenvalue weighted by Crippen LogP contribution is 2.33. The smallest absolute Gasteiger partial charge is 0.224 e. The monoisotopic (exact) mass is 398 g/mol. The molecular formula is C26H26N2O2. The molecule has 0 bridgehead atoms. The molecule has 1 aromatic heterocycles. The fourth-order valence-electron chi connectivity index (χ4n) is 3.90. The maximum Gasteiger partial charge on any atom is 0.224 e. The third kappa shape index (κ3) is 4.71. The van der Waals surface area contributed by atoms with Gasteiger partial charge in [0, 0.05) is 29.2 Å². The summed E-state index contributed by atoms with van der Waals surface area (Å²) in [5.74, 6) is 0.935. The summed E-state index contributed by atoms with van der Waals surface area (Å²) in [4.78, 5) is 16.2. The summed E-state index contributed by atoms with van der Waals surface area (Å²) < 4.78 is 5.42. The van der Waals surface area contributed by atoms with Gasteiger partial charge in [-0.05, 0) is 60.2 Å². The largest absolute Gasteiger partial charge is 0.497 e. The number of rotatable bonds is 8. The number of aromatic amines is 1. The van der Waals surface area contributed by atoms with Gasteiger partial charge in [-0.1, -0.05) is 48.5 Å². The number of ether oxygens (including phenoxy) is 1. The Bertz CT molecular complexity index is 1100. The summed E-state index contributed by atoms with van der Waals surface area (Å²) in [5, 5.41) is 4.14. The van der Waals surface area contributed by atoms with E-state index in [4.69, 9.17) is 4.74 Å². The van der Waals surface area contributed by atoms with Gasteiger partial charge in [-0.15, -0.1) is 0 Å². The molecule has 2 N–H and O–H groups in total. The number of hydrogen-bond donors (Lipinski definition) is 2. The maximum atomic E-state index is 12.8. The molecule has 1 unspecified atom stereocenters. The van der Waals surface area contributed by atoms with Crippen molar-refractivity contribution in [3.63, 3.8) is 0 Å². The number of aryl methyl sites for hydroxylation is 1. The lowest BCUT2D eigenvalue weighted by Gasteiger charge is -2.17. The average molecular weight is 399 g/mol. The van der Waals surface area contributed by atoms with Crippen LogP contribution in [0.3, 0.4) is 0 Å². The predicted octanol–water partition coefficient (Wildman–Crippen LogP) is 5.92. The van der Waals surface area contributed by atoms with E-state index in [1.807, 2.05) is 60.8 Å². The van der Waals surface area contributed by atoms with Crippen molar-refractivity contribution in [2.75, 3.05) is 12.4 Å². The van der Waals surface area contributed by atoms with Crippen LogP contribution >= 0.6 is 0 Å². The second-order valence-electron chi connectivity index (χ2n) is 7.50. The zero-order valence-electron chi connectivity index (χ0n) is 17.1. The predicted molar refractivity (Wildman–Crippen MR) is 122 cm³/mol. The summed E-state index contributed by atoms with van der Waals surface area (Å²) in [6, 6.07) is 26.1.